The number of hydrogen-bond acceptors (Lipinski definition) is 4. The van der Waals surface area contributed by atoms with Crippen LogP contribution in [-0.2, 0) is 4.79 Å². The van der Waals surface area contributed by atoms with Crippen LogP contribution >= 0.6 is 39.1 Å². The third-order valence-electron chi connectivity index (χ3n) is 5.37. The molecule has 1 aliphatic rings. The minimum Gasteiger partial charge on any atom is -0.284 e. The predicted octanol–water partition coefficient (Wildman–Crippen LogP) is 6.46. The lowest BCUT2D eigenvalue weighted by molar-refractivity contribution is -0.119. The molecule has 0 aromatic heterocycles. The first-order valence-electron chi connectivity index (χ1n) is 10.4. The number of hydrogen-bond donors (Lipinski definition) is 1. The summed E-state index contributed by atoms with van der Waals surface area (Å²) >= 11 is 16.1. The van der Waals surface area contributed by atoms with Crippen LogP contribution in [0, 0.1) is 5.92 Å². The summed E-state index contributed by atoms with van der Waals surface area (Å²) in [6.07, 6.45) is 3.30. The molecule has 1 amide bonds. The van der Waals surface area contributed by atoms with Crippen LogP contribution in [0.5, 0.6) is 0 Å². The van der Waals surface area contributed by atoms with Crippen molar-refractivity contribution in [3.05, 3.63) is 62.5 Å². The molecular formula is C23H27BrCl2N4O. The van der Waals surface area contributed by atoms with Crippen LogP contribution in [0.3, 0.4) is 0 Å². The second-order valence-corrected chi connectivity index (χ2v) is 9.54. The average Bonchev–Trinajstić information content (AvgIpc) is 3.06. The van der Waals surface area contributed by atoms with Gasteiger partial charge in [-0.15, -0.1) is 0 Å². The van der Waals surface area contributed by atoms with Crippen molar-refractivity contribution in [1.82, 2.24) is 10.4 Å². The maximum absolute atomic E-state index is 13.1. The molecule has 2 atom stereocenters. The number of hydrazone groups is 1. The molecule has 1 unspecified atom stereocenters. The van der Waals surface area contributed by atoms with E-state index in [-0.39, 0.29) is 17.9 Å². The van der Waals surface area contributed by atoms with E-state index in [1.807, 2.05) is 54.3 Å². The highest BCUT2D eigenvalue weighted by molar-refractivity contribution is 9.10. The van der Waals surface area contributed by atoms with E-state index in [1.165, 1.54) is 0 Å². The maximum atomic E-state index is 13.1. The first-order chi connectivity index (χ1) is 14.8. The lowest BCUT2D eigenvalue weighted by Crippen LogP contribution is -2.44. The fraction of sp³-hybridized carbons (Fsp3) is 0.391. The van der Waals surface area contributed by atoms with Crippen molar-refractivity contribution < 1.29 is 4.79 Å². The predicted molar refractivity (Wildman–Crippen MR) is 133 cm³/mol. The zero-order valence-corrected chi connectivity index (χ0v) is 21.0. The molecule has 0 fully saturated rings. The minimum absolute atomic E-state index is 0.142. The topological polar surface area (TPSA) is 47.9 Å². The highest BCUT2D eigenvalue weighted by Crippen LogP contribution is 2.42. The smallest absolute Gasteiger partial charge is 0.282 e. The Kier molecular flexibility index (Phi) is 8.39. The van der Waals surface area contributed by atoms with Crippen LogP contribution in [0.2, 0.25) is 10.0 Å². The van der Waals surface area contributed by atoms with Gasteiger partial charge in [0.2, 0.25) is 0 Å². The molecule has 0 spiro atoms. The molecule has 1 N–H and O–H groups in total. The van der Waals surface area contributed by atoms with Gasteiger partial charge in [0, 0.05) is 29.0 Å². The van der Waals surface area contributed by atoms with E-state index in [0.29, 0.717) is 21.4 Å². The van der Waals surface area contributed by atoms with Gasteiger partial charge in [0.25, 0.3) is 5.91 Å². The number of carbonyl (C=O) groups is 1. The minimum atomic E-state index is -0.193. The van der Waals surface area contributed by atoms with Crippen LogP contribution in [0.1, 0.15) is 44.7 Å². The van der Waals surface area contributed by atoms with E-state index in [4.69, 9.17) is 28.3 Å². The van der Waals surface area contributed by atoms with Gasteiger partial charge in [0.05, 0.1) is 16.8 Å². The SMILES string of the molecule is CCCCCN(C)NC(=O)C1=NN(c2ccc(Cl)cc2Cl)C(c2ccc(Br)cc2)[C@@H]1C. The van der Waals surface area contributed by atoms with E-state index in [0.717, 1.165) is 35.8 Å². The Hall–Kier alpha value is -1.60. The lowest BCUT2D eigenvalue weighted by atomic mass is 9.91. The van der Waals surface area contributed by atoms with Crippen molar-refractivity contribution in [3.8, 4) is 0 Å². The maximum Gasteiger partial charge on any atom is 0.282 e. The summed E-state index contributed by atoms with van der Waals surface area (Å²) in [5.74, 6) is -0.335. The zero-order valence-electron chi connectivity index (χ0n) is 17.9. The molecule has 5 nitrogen and oxygen atoms in total. The fourth-order valence-corrected chi connectivity index (χ4v) is 4.49. The van der Waals surface area contributed by atoms with Crippen molar-refractivity contribution in [2.45, 2.75) is 39.2 Å². The summed E-state index contributed by atoms with van der Waals surface area (Å²) in [6.45, 7) is 4.97. The molecule has 0 aliphatic carbocycles. The molecule has 1 heterocycles. The largest absolute Gasteiger partial charge is 0.284 e. The Labute approximate surface area is 202 Å². The van der Waals surface area contributed by atoms with Crippen molar-refractivity contribution in [1.29, 1.82) is 0 Å². The van der Waals surface area contributed by atoms with Crippen LogP contribution in [-0.4, -0.2) is 30.2 Å². The Bertz CT molecular complexity index is 951. The van der Waals surface area contributed by atoms with E-state index in [2.05, 4.69) is 28.3 Å². The molecule has 0 radical (unpaired) electrons. The van der Waals surface area contributed by atoms with Crippen LogP contribution in [0.15, 0.2) is 52.0 Å². The second kappa shape index (κ2) is 10.8. The number of amides is 1. The highest BCUT2D eigenvalue weighted by Gasteiger charge is 2.40. The van der Waals surface area contributed by atoms with Gasteiger partial charge in [0.1, 0.15) is 5.71 Å². The van der Waals surface area contributed by atoms with Gasteiger partial charge in [-0.3, -0.25) is 15.2 Å². The Morgan fingerprint density at radius 3 is 2.55 bits per heavy atom. The van der Waals surface area contributed by atoms with Crippen LogP contribution < -0.4 is 10.4 Å². The van der Waals surface area contributed by atoms with Gasteiger partial charge in [0.15, 0.2) is 0 Å². The van der Waals surface area contributed by atoms with E-state index < -0.39 is 0 Å². The van der Waals surface area contributed by atoms with E-state index in [1.54, 1.807) is 12.1 Å². The van der Waals surface area contributed by atoms with E-state index in [9.17, 15) is 4.79 Å². The van der Waals surface area contributed by atoms with Gasteiger partial charge in [-0.25, -0.2) is 5.01 Å². The Morgan fingerprint density at radius 2 is 1.90 bits per heavy atom. The highest BCUT2D eigenvalue weighted by atomic mass is 79.9. The van der Waals surface area contributed by atoms with Gasteiger partial charge < -0.3 is 0 Å². The summed E-state index contributed by atoms with van der Waals surface area (Å²) in [4.78, 5) is 13.1. The molecular weight excluding hydrogens is 499 g/mol. The fourth-order valence-electron chi connectivity index (χ4n) is 3.73. The van der Waals surface area contributed by atoms with Gasteiger partial charge in [-0.2, -0.15) is 5.10 Å². The first-order valence-corrected chi connectivity index (χ1v) is 12.0. The van der Waals surface area contributed by atoms with Gasteiger partial charge in [-0.05, 0) is 42.3 Å². The van der Waals surface area contributed by atoms with Crippen molar-refractivity contribution >= 4 is 56.4 Å². The first kappa shape index (κ1) is 24.1. The van der Waals surface area contributed by atoms with Gasteiger partial charge >= 0.3 is 0 Å². The zero-order chi connectivity index (χ0) is 22.5. The molecule has 8 heteroatoms. The monoisotopic (exact) mass is 524 g/mol. The summed E-state index contributed by atoms with van der Waals surface area (Å²) in [5, 5.41) is 9.44. The summed E-state index contributed by atoms with van der Waals surface area (Å²) < 4.78 is 0.991. The van der Waals surface area contributed by atoms with Gasteiger partial charge in [-0.1, -0.05) is 78.0 Å². The number of nitrogens with one attached hydrogen (secondary N) is 1. The normalized spacial score (nSPS) is 18.4. The molecule has 166 valence electrons. The third-order valence-corrected chi connectivity index (χ3v) is 6.44. The second-order valence-electron chi connectivity index (χ2n) is 7.78. The Balaban J connectivity index is 1.91. The van der Waals surface area contributed by atoms with Crippen LogP contribution in [0.4, 0.5) is 5.69 Å². The molecule has 0 saturated carbocycles. The molecule has 2 aromatic rings. The molecule has 2 aromatic carbocycles. The van der Waals surface area contributed by atoms with Crippen molar-refractivity contribution in [2.24, 2.45) is 11.0 Å². The lowest BCUT2D eigenvalue weighted by Gasteiger charge is -2.27. The number of anilines is 1. The molecule has 1 aliphatic heterocycles. The number of nitrogens with zero attached hydrogens (tertiary/aromatic N) is 3. The number of unbranched alkanes of at least 4 members (excludes halogenated alkanes) is 2. The number of carbonyl (C=O) groups excluding carboxylic acids is 1. The number of hydrazine groups is 1. The average molecular weight is 526 g/mol. The summed E-state index contributed by atoms with van der Waals surface area (Å²) in [7, 11) is 1.88. The molecule has 3 rings (SSSR count). The van der Waals surface area contributed by atoms with Crippen LogP contribution in [0.25, 0.3) is 0 Å². The number of benzene rings is 2. The summed E-state index contributed by atoms with van der Waals surface area (Å²) in [5.41, 5.74) is 5.20. The van der Waals surface area contributed by atoms with Crippen molar-refractivity contribution in [3.63, 3.8) is 0 Å². The van der Waals surface area contributed by atoms with E-state index >= 15 is 0 Å². The quantitative estimate of drug-likeness (QED) is 0.317. The molecule has 0 bridgehead atoms. The third kappa shape index (κ3) is 5.80. The summed E-state index contributed by atoms with van der Waals surface area (Å²) in [6, 6.07) is 13.2. The number of halogens is 3. The standard InChI is InChI=1S/C23H27BrCl2N4O/c1-4-5-6-13-29(3)28-23(31)21-15(2)22(16-7-9-17(24)10-8-16)30(27-21)20-12-11-18(25)14-19(20)26/h7-12,14-15,22H,4-6,13H2,1-3H3,(H,28,31)/t15-,22?/m1/s1. The molecule has 31 heavy (non-hydrogen) atoms. The van der Waals surface area contributed by atoms with Crippen molar-refractivity contribution in [2.75, 3.05) is 18.6 Å². The molecule has 0 saturated heterocycles. The number of rotatable bonds is 8. The Morgan fingerprint density at radius 1 is 1.19 bits per heavy atom.